The summed E-state index contributed by atoms with van der Waals surface area (Å²) < 4.78 is 61.4. The Morgan fingerprint density at radius 2 is 1.72 bits per heavy atom. The molecule has 8 N–H and O–H groups in total. The number of fused-ring (bicyclic) bond motifs is 5. The number of rotatable bonds is 3. The van der Waals surface area contributed by atoms with Gasteiger partial charge in [-0.05, 0) is 0 Å². The first-order valence-corrected chi connectivity index (χ1v) is 16.4. The van der Waals surface area contributed by atoms with Crippen LogP contribution in [-0.2, 0) is 36.7 Å². The van der Waals surface area contributed by atoms with E-state index >= 15 is 0 Å². The molecule has 0 aromatic carbocycles. The molecule has 3 aliphatic heterocycles. The van der Waals surface area contributed by atoms with E-state index in [0.29, 0.717) is 5.95 Å². The van der Waals surface area contributed by atoms with Crippen molar-refractivity contribution in [2.45, 2.75) is 49.0 Å². The number of aromatic amines is 1. The molecule has 4 aromatic rings. The van der Waals surface area contributed by atoms with Crippen LogP contribution in [-0.4, -0.2) is 116 Å². The highest BCUT2D eigenvalue weighted by atomic mass is 31.2. The summed E-state index contributed by atoms with van der Waals surface area (Å²) in [6, 6.07) is 0. The summed E-state index contributed by atoms with van der Waals surface area (Å²) in [4.78, 5) is 52.1. The molecule has 2 bridgehead atoms. The second kappa shape index (κ2) is 11.4. The van der Waals surface area contributed by atoms with E-state index in [1.54, 1.807) is 7.05 Å². The van der Waals surface area contributed by atoms with Gasteiger partial charge in [0, 0.05) is 12.6 Å². The molecule has 7 heterocycles. The lowest BCUT2D eigenvalue weighted by Gasteiger charge is -2.25. The number of anilines is 2. The Bertz CT molecular complexity index is 1950. The first-order valence-electron chi connectivity index (χ1n) is 13.4. The topological polar surface area (TPSA) is 315 Å². The van der Waals surface area contributed by atoms with Crippen molar-refractivity contribution in [2.75, 3.05) is 31.3 Å². The quantitative estimate of drug-likeness (QED) is 0.114. The zero-order valence-corrected chi connectivity index (χ0v) is 25.1. The third-order valence-corrected chi connectivity index (χ3v) is 9.52. The maximum absolute atomic E-state index is 13.2. The monoisotopic (exact) mass is 688 g/mol. The number of phosphoric acid groups is 2. The molecular weight excluding hydrogens is 662 g/mol. The Labute approximate surface area is 255 Å². The van der Waals surface area contributed by atoms with Gasteiger partial charge in [-0.15, -0.1) is 0 Å². The summed E-state index contributed by atoms with van der Waals surface area (Å²) in [5.41, 5.74) is 5.13. The van der Waals surface area contributed by atoms with Crippen LogP contribution in [0.1, 0.15) is 17.9 Å². The Balaban J connectivity index is 1.20. The normalized spacial score (nSPS) is 37.1. The Morgan fingerprint density at radius 1 is 1.00 bits per heavy atom. The summed E-state index contributed by atoms with van der Waals surface area (Å²) in [6.07, 6.45) is -8.79. The number of aliphatic hydroxyl groups is 2. The summed E-state index contributed by atoms with van der Waals surface area (Å²) >= 11 is 0. The van der Waals surface area contributed by atoms with Crippen LogP contribution in [0.2, 0.25) is 0 Å². The lowest BCUT2D eigenvalue weighted by atomic mass is 10.0. The van der Waals surface area contributed by atoms with Crippen LogP contribution in [0, 0.1) is 0 Å². The van der Waals surface area contributed by atoms with E-state index in [9.17, 15) is 33.9 Å². The van der Waals surface area contributed by atoms with E-state index < -0.39 is 83.4 Å². The standard InChI is InChI=1S/C21H26N10O13P2/c1-23-21-25-5-24-16-7(2-27-31(16)21)13-12(33)14-9(41-13)4-40-46(37,38)44-15-11(32)8(3-39-45(35,36)43-14)42-19(15)30-6-26-10-17(30)28-20(22)29-18(10)34/h2,5-6,8-9,11-15,19,32-33H,3-4H2,1H3,(H,35,36)(H,37,38)(H,23,24,25)(H3,22,28,29,34). The predicted molar refractivity (Wildman–Crippen MR) is 148 cm³/mol. The second-order valence-corrected chi connectivity index (χ2v) is 13.2. The minimum atomic E-state index is -5.11. The van der Waals surface area contributed by atoms with Crippen LogP contribution in [0.5, 0.6) is 0 Å². The van der Waals surface area contributed by atoms with Gasteiger partial charge in [-0.3, -0.25) is 32.4 Å². The van der Waals surface area contributed by atoms with Gasteiger partial charge in [-0.25, -0.2) is 24.1 Å². The number of aromatic nitrogens is 8. The molecule has 23 nitrogen and oxygen atoms in total. The van der Waals surface area contributed by atoms with Crippen LogP contribution in [0.3, 0.4) is 0 Å². The SMILES string of the molecule is CNc1ncnc2c(C3OC4COP(=O)(O)OC5C(O)C(COP(=O)(O)OC4C3O)OC5n3cnc4c(=O)[nH]c(N)nc43)cnn12. The molecule has 3 fully saturated rings. The molecule has 7 rings (SSSR count). The average molecular weight is 688 g/mol. The van der Waals surface area contributed by atoms with Gasteiger partial charge < -0.3 is 40.5 Å². The van der Waals surface area contributed by atoms with E-state index in [2.05, 4.69) is 35.3 Å². The zero-order chi connectivity index (χ0) is 32.5. The number of aliphatic hydroxyl groups excluding tert-OH is 2. The number of nitrogens with zero attached hydrogens (tertiary/aromatic N) is 7. The van der Waals surface area contributed by atoms with Gasteiger partial charge in [0.25, 0.3) is 5.56 Å². The lowest BCUT2D eigenvalue weighted by Crippen LogP contribution is -2.35. The van der Waals surface area contributed by atoms with E-state index in [-0.39, 0.29) is 28.3 Å². The number of nitrogens with two attached hydrogens (primary N) is 1. The number of imidazole rings is 1. The molecule has 46 heavy (non-hydrogen) atoms. The smallest absolute Gasteiger partial charge is 0.387 e. The molecule has 3 saturated heterocycles. The molecule has 25 heteroatoms. The fraction of sp³-hybridized carbons (Fsp3) is 0.524. The van der Waals surface area contributed by atoms with E-state index in [0.717, 1.165) is 10.9 Å². The highest BCUT2D eigenvalue weighted by molar-refractivity contribution is 7.47. The fourth-order valence-electron chi connectivity index (χ4n) is 5.49. The van der Waals surface area contributed by atoms with Gasteiger partial charge in [0.05, 0.1) is 25.7 Å². The Kier molecular flexibility index (Phi) is 7.70. The highest BCUT2D eigenvalue weighted by Crippen LogP contribution is 2.54. The van der Waals surface area contributed by atoms with E-state index in [4.69, 9.17) is 33.3 Å². The Morgan fingerprint density at radius 3 is 2.46 bits per heavy atom. The van der Waals surface area contributed by atoms with Crippen LogP contribution in [0.4, 0.5) is 11.9 Å². The number of hydrogen-bond acceptors (Lipinski definition) is 18. The van der Waals surface area contributed by atoms with Gasteiger partial charge in [-0.1, -0.05) is 0 Å². The van der Waals surface area contributed by atoms with Gasteiger partial charge in [0.15, 0.2) is 23.0 Å². The molecule has 0 aliphatic carbocycles. The molecule has 10 atom stereocenters. The van der Waals surface area contributed by atoms with Crippen molar-refractivity contribution in [1.29, 1.82) is 0 Å². The number of H-pyrrole nitrogens is 1. The molecule has 0 radical (unpaired) electrons. The third kappa shape index (κ3) is 5.39. The van der Waals surface area contributed by atoms with Crippen molar-refractivity contribution in [3.8, 4) is 0 Å². The van der Waals surface area contributed by atoms with E-state index in [1.807, 2.05) is 0 Å². The van der Waals surface area contributed by atoms with Crippen LogP contribution < -0.4 is 16.6 Å². The van der Waals surface area contributed by atoms with E-state index in [1.165, 1.54) is 17.0 Å². The van der Waals surface area contributed by atoms with Crippen LogP contribution in [0.15, 0.2) is 23.6 Å². The van der Waals surface area contributed by atoms with Gasteiger partial charge in [0.1, 0.15) is 49.1 Å². The van der Waals surface area contributed by atoms with Crippen molar-refractivity contribution in [3.05, 3.63) is 34.8 Å². The molecule has 248 valence electrons. The van der Waals surface area contributed by atoms with Gasteiger partial charge >= 0.3 is 15.6 Å². The molecule has 3 aliphatic rings. The average Bonchev–Trinajstić information content (AvgIpc) is 3.76. The van der Waals surface area contributed by atoms with Crippen molar-refractivity contribution in [1.82, 2.24) is 39.1 Å². The molecule has 4 aromatic heterocycles. The first kappa shape index (κ1) is 31.2. The first-order chi connectivity index (χ1) is 21.9. The predicted octanol–water partition coefficient (Wildman–Crippen LogP) is -2.04. The molecule has 0 saturated carbocycles. The Hall–Kier alpha value is -3.44. The third-order valence-electron chi connectivity index (χ3n) is 7.55. The number of nitrogen functional groups attached to an aromatic ring is 1. The molecule has 0 amide bonds. The number of phosphoric ester groups is 2. The van der Waals surface area contributed by atoms with Gasteiger partial charge in [-0.2, -0.15) is 14.6 Å². The number of hydrogen-bond donors (Lipinski definition) is 7. The summed E-state index contributed by atoms with van der Waals surface area (Å²) in [6.45, 7) is -1.62. The summed E-state index contributed by atoms with van der Waals surface area (Å²) in [5, 5.41) is 29.2. The second-order valence-electron chi connectivity index (χ2n) is 10.4. The fourth-order valence-corrected chi connectivity index (χ4v) is 7.39. The summed E-state index contributed by atoms with van der Waals surface area (Å²) in [5.74, 6) is 0.0297. The van der Waals surface area contributed by atoms with Gasteiger partial charge in [0.2, 0.25) is 11.9 Å². The van der Waals surface area contributed by atoms with Crippen molar-refractivity contribution in [3.63, 3.8) is 0 Å². The van der Waals surface area contributed by atoms with Crippen molar-refractivity contribution >= 4 is 44.4 Å². The van der Waals surface area contributed by atoms with Crippen molar-refractivity contribution in [2.24, 2.45) is 0 Å². The largest absolute Gasteiger partial charge is 0.472 e. The molecule has 0 spiro atoms. The summed E-state index contributed by atoms with van der Waals surface area (Å²) in [7, 11) is -8.56. The zero-order valence-electron chi connectivity index (χ0n) is 23.3. The number of nitrogens with one attached hydrogen (secondary N) is 2. The number of ether oxygens (including phenoxy) is 2. The molecule has 10 unspecified atom stereocenters. The van der Waals surface area contributed by atoms with Crippen LogP contribution >= 0.6 is 15.6 Å². The molecular formula is C21H26N10O13P2. The lowest BCUT2D eigenvalue weighted by molar-refractivity contribution is -0.0636. The minimum absolute atomic E-state index is 0.124. The maximum Gasteiger partial charge on any atom is 0.472 e. The van der Waals surface area contributed by atoms with Crippen molar-refractivity contribution < 1.29 is 56.7 Å². The van der Waals surface area contributed by atoms with Crippen LogP contribution in [0.25, 0.3) is 16.8 Å². The maximum atomic E-state index is 13.2. The minimum Gasteiger partial charge on any atom is -0.387 e. The highest BCUT2D eigenvalue weighted by Gasteiger charge is 2.54.